The van der Waals surface area contributed by atoms with Gasteiger partial charge in [0.25, 0.3) is 0 Å². The molecule has 0 aliphatic carbocycles. The van der Waals surface area contributed by atoms with Crippen LogP contribution in [0, 0.1) is 6.92 Å². The van der Waals surface area contributed by atoms with E-state index in [1.807, 2.05) is 31.2 Å². The molecule has 2 nitrogen and oxygen atoms in total. The van der Waals surface area contributed by atoms with Crippen LogP contribution in [0.4, 0.5) is 4.39 Å². The molecule has 3 aromatic rings. The van der Waals surface area contributed by atoms with E-state index in [0.29, 0.717) is 6.04 Å². The summed E-state index contributed by atoms with van der Waals surface area (Å²) in [6, 6.07) is 14.6. The highest BCUT2D eigenvalue weighted by atomic mass is 32.1. The molecule has 0 radical (unpaired) electrons. The van der Waals surface area contributed by atoms with Gasteiger partial charge in [0.05, 0.1) is 15.2 Å². The summed E-state index contributed by atoms with van der Waals surface area (Å²) in [5, 5.41) is 1.10. The quantitative estimate of drug-likeness (QED) is 0.634. The summed E-state index contributed by atoms with van der Waals surface area (Å²) in [4.78, 5) is 6.82. The predicted molar refractivity (Wildman–Crippen MR) is 95.5 cm³/mol. The number of fused-ring (bicyclic) bond motifs is 1. The predicted octanol–water partition coefficient (Wildman–Crippen LogP) is 5.27. The number of hydrogen-bond donors (Lipinski definition) is 0. The van der Waals surface area contributed by atoms with Gasteiger partial charge < -0.3 is 0 Å². The first-order chi connectivity index (χ1) is 11.1. The summed E-state index contributed by atoms with van der Waals surface area (Å²) in [5.41, 5.74) is 4.30. The van der Waals surface area contributed by atoms with Crippen LogP contribution >= 0.6 is 11.3 Å². The zero-order valence-electron chi connectivity index (χ0n) is 13.7. The fourth-order valence-corrected chi connectivity index (χ4v) is 3.60. The van der Waals surface area contributed by atoms with Crippen molar-refractivity contribution in [2.24, 2.45) is 0 Å². The lowest BCUT2D eigenvalue weighted by Gasteiger charge is -2.25. The van der Waals surface area contributed by atoms with Crippen molar-refractivity contribution in [2.45, 2.75) is 33.1 Å². The van der Waals surface area contributed by atoms with Crippen LogP contribution in [0.5, 0.6) is 0 Å². The molecule has 1 unspecified atom stereocenters. The largest absolute Gasteiger partial charge is 0.295 e. The number of alkyl halides is 1. The fourth-order valence-electron chi connectivity index (χ4n) is 2.73. The molecule has 1 heterocycles. The molecule has 4 heteroatoms. The third-order valence-electron chi connectivity index (χ3n) is 4.27. The Labute approximate surface area is 140 Å². The van der Waals surface area contributed by atoms with Crippen LogP contribution in [-0.2, 0) is 13.2 Å². The molecule has 2 aromatic carbocycles. The van der Waals surface area contributed by atoms with Crippen molar-refractivity contribution < 1.29 is 4.39 Å². The van der Waals surface area contributed by atoms with Crippen molar-refractivity contribution in [3.63, 3.8) is 0 Å². The van der Waals surface area contributed by atoms with Gasteiger partial charge in [-0.1, -0.05) is 30.3 Å². The molecule has 0 saturated carbocycles. The van der Waals surface area contributed by atoms with Crippen molar-refractivity contribution in [3.8, 4) is 0 Å². The highest BCUT2D eigenvalue weighted by Gasteiger charge is 2.13. The van der Waals surface area contributed by atoms with Gasteiger partial charge in [-0.15, -0.1) is 11.3 Å². The lowest BCUT2D eigenvalue weighted by Crippen LogP contribution is -2.21. The summed E-state index contributed by atoms with van der Waals surface area (Å²) in [7, 11) is 2.12. The first-order valence-electron chi connectivity index (χ1n) is 7.78. The second kappa shape index (κ2) is 6.77. The van der Waals surface area contributed by atoms with Gasteiger partial charge in [-0.2, -0.15) is 0 Å². The molecule has 1 atom stereocenters. The van der Waals surface area contributed by atoms with E-state index in [1.165, 1.54) is 15.8 Å². The second-order valence-corrected chi connectivity index (χ2v) is 7.24. The number of aromatic nitrogens is 1. The highest BCUT2D eigenvalue weighted by molar-refractivity contribution is 7.18. The summed E-state index contributed by atoms with van der Waals surface area (Å²) >= 11 is 1.74. The van der Waals surface area contributed by atoms with Crippen LogP contribution in [0.2, 0.25) is 0 Å². The average Bonchev–Trinajstić information content (AvgIpc) is 2.93. The van der Waals surface area contributed by atoms with Gasteiger partial charge in [-0.05, 0) is 49.7 Å². The second-order valence-electron chi connectivity index (χ2n) is 6.00. The molecule has 0 bridgehead atoms. The first kappa shape index (κ1) is 16.1. The molecular formula is C19H21FN2S. The van der Waals surface area contributed by atoms with Gasteiger partial charge in [0.15, 0.2) is 0 Å². The number of nitrogens with zero attached hydrogens (tertiary/aromatic N) is 2. The van der Waals surface area contributed by atoms with Gasteiger partial charge in [0, 0.05) is 12.6 Å². The minimum atomic E-state index is -0.402. The Morgan fingerprint density at radius 1 is 1.13 bits per heavy atom. The standard InChI is InChI=1S/C19H21FN2S/c1-13(17-8-9-18-19(10-17)23-14(2)21-18)22(3)12-16-6-4-15(11-20)5-7-16/h4-10,13H,11-12H2,1-3H3. The van der Waals surface area contributed by atoms with E-state index in [4.69, 9.17) is 0 Å². The topological polar surface area (TPSA) is 16.1 Å². The lowest BCUT2D eigenvalue weighted by molar-refractivity contribution is 0.253. The Morgan fingerprint density at radius 3 is 2.52 bits per heavy atom. The normalized spacial score (nSPS) is 12.9. The minimum Gasteiger partial charge on any atom is -0.295 e. The summed E-state index contributed by atoms with van der Waals surface area (Å²) < 4.78 is 13.8. The molecule has 0 N–H and O–H groups in total. The van der Waals surface area contributed by atoms with E-state index in [1.54, 1.807) is 11.3 Å². The Morgan fingerprint density at radius 2 is 1.83 bits per heavy atom. The first-order valence-corrected chi connectivity index (χ1v) is 8.59. The van der Waals surface area contributed by atoms with Crippen LogP contribution in [0.3, 0.4) is 0 Å². The Kier molecular flexibility index (Phi) is 4.74. The Balaban J connectivity index is 1.75. The van der Waals surface area contributed by atoms with Gasteiger partial charge in [0.2, 0.25) is 0 Å². The van der Waals surface area contributed by atoms with Crippen molar-refractivity contribution in [1.29, 1.82) is 0 Å². The number of halogens is 1. The molecule has 3 rings (SSSR count). The Hall–Kier alpha value is -1.78. The van der Waals surface area contributed by atoms with E-state index >= 15 is 0 Å². The van der Waals surface area contributed by atoms with Crippen LogP contribution in [-0.4, -0.2) is 16.9 Å². The molecule has 0 aliphatic rings. The van der Waals surface area contributed by atoms with E-state index < -0.39 is 6.67 Å². The summed E-state index contributed by atoms with van der Waals surface area (Å²) in [5.74, 6) is 0. The monoisotopic (exact) mass is 328 g/mol. The maximum absolute atomic E-state index is 12.6. The van der Waals surface area contributed by atoms with Crippen LogP contribution in [0.1, 0.15) is 34.7 Å². The van der Waals surface area contributed by atoms with Gasteiger partial charge in [-0.25, -0.2) is 9.37 Å². The fraction of sp³-hybridized carbons (Fsp3) is 0.316. The molecule has 0 spiro atoms. The van der Waals surface area contributed by atoms with Crippen LogP contribution in [0.25, 0.3) is 10.2 Å². The van der Waals surface area contributed by atoms with Crippen molar-refractivity contribution in [1.82, 2.24) is 9.88 Å². The number of benzene rings is 2. The average molecular weight is 328 g/mol. The maximum Gasteiger partial charge on any atom is 0.115 e. The van der Waals surface area contributed by atoms with Crippen LogP contribution < -0.4 is 0 Å². The number of aryl methyl sites for hydroxylation is 1. The number of hydrogen-bond acceptors (Lipinski definition) is 3. The highest BCUT2D eigenvalue weighted by Crippen LogP contribution is 2.28. The van der Waals surface area contributed by atoms with E-state index in [9.17, 15) is 4.39 Å². The number of thiazole rings is 1. The van der Waals surface area contributed by atoms with Crippen molar-refractivity contribution in [2.75, 3.05) is 7.05 Å². The lowest BCUT2D eigenvalue weighted by atomic mass is 10.1. The van der Waals surface area contributed by atoms with E-state index in [0.717, 1.165) is 22.6 Å². The molecule has 23 heavy (non-hydrogen) atoms. The zero-order valence-corrected chi connectivity index (χ0v) is 14.5. The zero-order chi connectivity index (χ0) is 16.4. The molecule has 0 aliphatic heterocycles. The Bertz CT molecular complexity index is 795. The van der Waals surface area contributed by atoms with E-state index in [-0.39, 0.29) is 0 Å². The van der Waals surface area contributed by atoms with Crippen LogP contribution in [0.15, 0.2) is 42.5 Å². The van der Waals surface area contributed by atoms with Gasteiger partial charge in [-0.3, -0.25) is 4.90 Å². The van der Waals surface area contributed by atoms with Gasteiger partial charge >= 0.3 is 0 Å². The molecule has 0 amide bonds. The third-order valence-corrected chi connectivity index (χ3v) is 5.21. The molecule has 0 fully saturated rings. The summed E-state index contributed by atoms with van der Waals surface area (Å²) in [6.07, 6.45) is 0. The maximum atomic E-state index is 12.6. The molecule has 1 aromatic heterocycles. The van der Waals surface area contributed by atoms with Gasteiger partial charge in [0.1, 0.15) is 6.67 Å². The molecular weight excluding hydrogens is 307 g/mol. The van der Waals surface area contributed by atoms with Crippen molar-refractivity contribution >= 4 is 21.6 Å². The number of rotatable bonds is 5. The SMILES string of the molecule is Cc1nc2ccc(C(C)N(C)Cc3ccc(CF)cc3)cc2s1. The molecule has 120 valence electrons. The third kappa shape index (κ3) is 3.59. The van der Waals surface area contributed by atoms with E-state index in [2.05, 4.69) is 42.1 Å². The molecule has 0 saturated heterocycles. The smallest absolute Gasteiger partial charge is 0.115 e. The summed E-state index contributed by atoms with van der Waals surface area (Å²) in [6.45, 7) is 4.69. The minimum absolute atomic E-state index is 0.308. The van der Waals surface area contributed by atoms with Crippen molar-refractivity contribution in [3.05, 3.63) is 64.2 Å².